The molecule has 0 aliphatic carbocycles. The van der Waals surface area contributed by atoms with Crippen LogP contribution in [0.5, 0.6) is 5.75 Å². The molecule has 1 saturated heterocycles. The summed E-state index contributed by atoms with van der Waals surface area (Å²) in [5, 5.41) is 2.84. The maximum absolute atomic E-state index is 12.4. The lowest BCUT2D eigenvalue weighted by Crippen LogP contribution is -2.39. The van der Waals surface area contributed by atoms with E-state index in [0.717, 1.165) is 35.3 Å². The van der Waals surface area contributed by atoms with Gasteiger partial charge in [-0.25, -0.2) is 8.42 Å². The highest BCUT2D eigenvalue weighted by molar-refractivity contribution is 7.92. The molecule has 0 spiro atoms. The Morgan fingerprint density at radius 1 is 1.29 bits per heavy atom. The Morgan fingerprint density at radius 3 is 2.57 bits per heavy atom. The SMILES string of the molecule is CNC(c1ccc(C)c(C)c1OC)C1CCCCS1(=O)=O. The number of benzene rings is 1. The zero-order valence-corrected chi connectivity index (χ0v) is 14.1. The van der Waals surface area contributed by atoms with Crippen molar-refractivity contribution in [1.29, 1.82) is 0 Å². The highest BCUT2D eigenvalue weighted by atomic mass is 32.2. The number of rotatable bonds is 4. The van der Waals surface area contributed by atoms with Gasteiger partial charge in [-0.15, -0.1) is 0 Å². The summed E-state index contributed by atoms with van der Waals surface area (Å²) >= 11 is 0. The summed E-state index contributed by atoms with van der Waals surface area (Å²) in [6.07, 6.45) is 2.46. The zero-order chi connectivity index (χ0) is 15.6. The van der Waals surface area contributed by atoms with Crippen LogP contribution in [0.15, 0.2) is 12.1 Å². The summed E-state index contributed by atoms with van der Waals surface area (Å²) < 4.78 is 30.4. The van der Waals surface area contributed by atoms with Crippen molar-refractivity contribution in [1.82, 2.24) is 5.32 Å². The van der Waals surface area contributed by atoms with E-state index >= 15 is 0 Å². The predicted octanol–water partition coefficient (Wildman–Crippen LogP) is 2.54. The minimum atomic E-state index is -3.05. The second kappa shape index (κ2) is 6.36. The number of ether oxygens (including phenoxy) is 1. The summed E-state index contributed by atoms with van der Waals surface area (Å²) in [6.45, 7) is 4.05. The normalized spacial score (nSPS) is 22.8. The number of hydrogen-bond donors (Lipinski definition) is 1. The average molecular weight is 311 g/mol. The summed E-state index contributed by atoms with van der Waals surface area (Å²) in [6, 6.07) is 3.81. The number of methoxy groups -OCH3 is 1. The first-order valence-corrected chi connectivity index (χ1v) is 9.17. The van der Waals surface area contributed by atoms with Crippen molar-refractivity contribution in [2.24, 2.45) is 0 Å². The Labute approximate surface area is 127 Å². The highest BCUT2D eigenvalue weighted by Gasteiger charge is 2.37. The van der Waals surface area contributed by atoms with E-state index in [1.807, 2.05) is 33.0 Å². The molecule has 1 aromatic carbocycles. The third kappa shape index (κ3) is 3.09. The van der Waals surface area contributed by atoms with Gasteiger partial charge in [-0.1, -0.05) is 18.6 Å². The van der Waals surface area contributed by atoms with Crippen LogP contribution in [0, 0.1) is 13.8 Å². The first kappa shape index (κ1) is 16.3. The maximum Gasteiger partial charge on any atom is 0.155 e. The molecule has 1 N–H and O–H groups in total. The lowest BCUT2D eigenvalue weighted by molar-refractivity contribution is 0.391. The third-order valence-corrected chi connectivity index (χ3v) is 6.85. The number of aryl methyl sites for hydroxylation is 1. The summed E-state index contributed by atoms with van der Waals surface area (Å²) in [5.41, 5.74) is 3.17. The predicted molar refractivity (Wildman–Crippen MR) is 85.7 cm³/mol. The molecule has 4 nitrogen and oxygen atoms in total. The Morgan fingerprint density at radius 2 is 2.00 bits per heavy atom. The maximum atomic E-state index is 12.4. The van der Waals surface area contributed by atoms with Gasteiger partial charge in [0.25, 0.3) is 0 Å². The lowest BCUT2D eigenvalue weighted by Gasteiger charge is -2.31. The minimum absolute atomic E-state index is 0.218. The monoisotopic (exact) mass is 311 g/mol. The van der Waals surface area contributed by atoms with Crippen LogP contribution in [0.1, 0.15) is 42.0 Å². The van der Waals surface area contributed by atoms with Gasteiger partial charge in [0, 0.05) is 5.56 Å². The molecule has 21 heavy (non-hydrogen) atoms. The van der Waals surface area contributed by atoms with Gasteiger partial charge in [-0.3, -0.25) is 0 Å². The smallest absolute Gasteiger partial charge is 0.155 e. The summed E-state index contributed by atoms with van der Waals surface area (Å²) in [5.74, 6) is 1.10. The fraction of sp³-hybridized carbons (Fsp3) is 0.625. The summed E-state index contributed by atoms with van der Waals surface area (Å²) in [7, 11) is 0.420. The van der Waals surface area contributed by atoms with Crippen molar-refractivity contribution in [3.05, 3.63) is 28.8 Å². The molecule has 1 aliphatic rings. The van der Waals surface area contributed by atoms with Gasteiger partial charge < -0.3 is 10.1 Å². The third-order valence-electron chi connectivity index (χ3n) is 4.56. The molecule has 0 saturated carbocycles. The lowest BCUT2D eigenvalue weighted by atomic mass is 9.95. The van der Waals surface area contributed by atoms with Gasteiger partial charge in [-0.2, -0.15) is 0 Å². The Kier molecular flexibility index (Phi) is 4.94. The molecular weight excluding hydrogens is 286 g/mol. The quantitative estimate of drug-likeness (QED) is 0.928. The van der Waals surface area contributed by atoms with E-state index in [0.29, 0.717) is 12.2 Å². The van der Waals surface area contributed by atoms with E-state index in [1.165, 1.54) is 0 Å². The van der Waals surface area contributed by atoms with E-state index in [9.17, 15) is 8.42 Å². The van der Waals surface area contributed by atoms with Gasteiger partial charge in [0.15, 0.2) is 9.84 Å². The van der Waals surface area contributed by atoms with Crippen molar-refractivity contribution in [3.8, 4) is 5.75 Å². The van der Waals surface area contributed by atoms with Gasteiger partial charge in [-0.05, 0) is 44.9 Å². The van der Waals surface area contributed by atoms with Crippen LogP contribution in [-0.2, 0) is 9.84 Å². The Bertz CT molecular complexity index is 610. The fourth-order valence-corrected chi connectivity index (χ4v) is 5.35. The van der Waals surface area contributed by atoms with E-state index in [1.54, 1.807) is 7.11 Å². The molecule has 2 rings (SSSR count). The first-order valence-electron chi connectivity index (χ1n) is 7.45. The molecule has 118 valence electrons. The molecule has 2 unspecified atom stereocenters. The number of sulfone groups is 1. The molecule has 0 radical (unpaired) electrons. The van der Waals surface area contributed by atoms with Gasteiger partial charge in [0.05, 0.1) is 24.2 Å². The van der Waals surface area contributed by atoms with Crippen LogP contribution >= 0.6 is 0 Å². The Balaban J connectivity index is 2.49. The van der Waals surface area contributed by atoms with Crippen LogP contribution in [-0.4, -0.2) is 33.6 Å². The van der Waals surface area contributed by atoms with Crippen LogP contribution in [0.4, 0.5) is 0 Å². The van der Waals surface area contributed by atoms with Gasteiger partial charge in [0.1, 0.15) is 5.75 Å². The molecule has 0 amide bonds. The molecule has 1 heterocycles. The highest BCUT2D eigenvalue weighted by Crippen LogP contribution is 2.37. The van der Waals surface area contributed by atoms with E-state index in [2.05, 4.69) is 5.32 Å². The van der Waals surface area contributed by atoms with Crippen molar-refractivity contribution in [2.45, 2.75) is 44.4 Å². The van der Waals surface area contributed by atoms with Crippen LogP contribution in [0.25, 0.3) is 0 Å². The van der Waals surface area contributed by atoms with Crippen molar-refractivity contribution in [3.63, 3.8) is 0 Å². The zero-order valence-electron chi connectivity index (χ0n) is 13.3. The van der Waals surface area contributed by atoms with Crippen LogP contribution in [0.2, 0.25) is 0 Å². The first-order chi connectivity index (χ1) is 9.92. The molecule has 2 atom stereocenters. The topological polar surface area (TPSA) is 55.4 Å². The number of nitrogens with one attached hydrogen (secondary N) is 1. The molecule has 1 fully saturated rings. The molecule has 0 aromatic heterocycles. The largest absolute Gasteiger partial charge is 0.496 e. The molecule has 1 aromatic rings. The standard InChI is InChI=1S/C16H25NO3S/c1-11-8-9-13(16(20-4)12(11)2)15(17-3)14-7-5-6-10-21(14,18)19/h8-9,14-15,17H,5-7,10H2,1-4H3. The average Bonchev–Trinajstić information content (AvgIpc) is 2.45. The second-order valence-electron chi connectivity index (χ2n) is 5.80. The Hall–Kier alpha value is -1.07. The van der Waals surface area contributed by atoms with Crippen LogP contribution < -0.4 is 10.1 Å². The minimum Gasteiger partial charge on any atom is -0.496 e. The van der Waals surface area contributed by atoms with Crippen LogP contribution in [0.3, 0.4) is 0 Å². The molecule has 0 bridgehead atoms. The van der Waals surface area contributed by atoms with E-state index in [-0.39, 0.29) is 11.3 Å². The fourth-order valence-electron chi connectivity index (χ4n) is 3.22. The molecule has 1 aliphatic heterocycles. The van der Waals surface area contributed by atoms with E-state index < -0.39 is 9.84 Å². The van der Waals surface area contributed by atoms with Gasteiger partial charge in [0.2, 0.25) is 0 Å². The molecule has 5 heteroatoms. The van der Waals surface area contributed by atoms with Crippen molar-refractivity contribution in [2.75, 3.05) is 19.9 Å². The molecular formula is C16H25NO3S. The van der Waals surface area contributed by atoms with Gasteiger partial charge >= 0.3 is 0 Å². The number of hydrogen-bond acceptors (Lipinski definition) is 4. The summed E-state index contributed by atoms with van der Waals surface area (Å²) in [4.78, 5) is 0. The van der Waals surface area contributed by atoms with E-state index in [4.69, 9.17) is 4.74 Å². The van der Waals surface area contributed by atoms with Crippen molar-refractivity contribution < 1.29 is 13.2 Å². The second-order valence-corrected chi connectivity index (χ2v) is 8.14. The van der Waals surface area contributed by atoms with Crippen molar-refractivity contribution >= 4 is 9.84 Å².